The van der Waals surface area contributed by atoms with Gasteiger partial charge in [-0.2, -0.15) is 0 Å². The molecule has 0 aliphatic heterocycles. The number of aliphatic carboxylic acids is 1. The van der Waals surface area contributed by atoms with Gasteiger partial charge in [-0.15, -0.1) is 0 Å². The highest BCUT2D eigenvalue weighted by Gasteiger charge is 2.33. The maximum Gasteiger partial charge on any atom is 0.317 e. The van der Waals surface area contributed by atoms with Crippen molar-refractivity contribution >= 4 is 17.6 Å². The lowest BCUT2D eigenvalue weighted by atomic mass is 9.85. The molecule has 0 unspecified atom stereocenters. The summed E-state index contributed by atoms with van der Waals surface area (Å²) in [6, 6.07) is 4.57. The Morgan fingerprint density at radius 2 is 2.12 bits per heavy atom. The number of carboxylic acid groups (broad SMARTS) is 1. The van der Waals surface area contributed by atoms with E-state index in [1.165, 1.54) is 0 Å². The van der Waals surface area contributed by atoms with Crippen LogP contribution in [0.4, 0.5) is 0 Å². The molecule has 0 heterocycles. The Bertz CT molecular complexity index is 591. The van der Waals surface area contributed by atoms with Crippen LogP contribution in [0.1, 0.15) is 32.3 Å². The Labute approximate surface area is 154 Å². The fourth-order valence-corrected chi connectivity index (χ4v) is 3.48. The summed E-state index contributed by atoms with van der Waals surface area (Å²) in [5, 5.41) is 13.0. The van der Waals surface area contributed by atoms with Crippen LogP contribution in [0.3, 0.4) is 0 Å². The lowest BCUT2D eigenvalue weighted by molar-refractivity contribution is -0.139. The summed E-state index contributed by atoms with van der Waals surface area (Å²) < 4.78 is 10.9. The minimum atomic E-state index is -0.769. The number of carboxylic acids is 1. The van der Waals surface area contributed by atoms with Crippen LogP contribution < -0.4 is 14.8 Å². The number of nitrogens with one attached hydrogen (secondary N) is 1. The Balaban J connectivity index is 1.87. The van der Waals surface area contributed by atoms with Gasteiger partial charge in [-0.3, -0.25) is 9.69 Å². The summed E-state index contributed by atoms with van der Waals surface area (Å²) in [6.45, 7) is 6.02. The monoisotopic (exact) mass is 370 g/mol. The minimum Gasteiger partial charge on any atom is -0.491 e. The van der Waals surface area contributed by atoms with Gasteiger partial charge in [0.2, 0.25) is 0 Å². The van der Waals surface area contributed by atoms with E-state index in [0.29, 0.717) is 41.8 Å². The van der Waals surface area contributed by atoms with E-state index in [9.17, 15) is 4.79 Å². The molecule has 0 spiro atoms. The summed E-state index contributed by atoms with van der Waals surface area (Å²) in [4.78, 5) is 12.9. The number of rotatable bonds is 10. The Morgan fingerprint density at radius 1 is 1.40 bits per heavy atom. The van der Waals surface area contributed by atoms with Crippen molar-refractivity contribution in [2.24, 2.45) is 0 Å². The predicted octanol–water partition coefficient (Wildman–Crippen LogP) is 2.77. The van der Waals surface area contributed by atoms with Crippen molar-refractivity contribution in [3.05, 3.63) is 22.7 Å². The fourth-order valence-electron chi connectivity index (χ4n) is 3.17. The molecule has 0 aromatic heterocycles. The lowest BCUT2D eigenvalue weighted by Gasteiger charge is -2.42. The zero-order valence-electron chi connectivity index (χ0n) is 15.0. The molecular formula is C18H27ClN2O4. The third-order valence-electron chi connectivity index (χ3n) is 4.54. The van der Waals surface area contributed by atoms with E-state index >= 15 is 0 Å². The van der Waals surface area contributed by atoms with Crippen LogP contribution in [0, 0.1) is 0 Å². The molecule has 0 radical (unpaired) electrons. The molecule has 2 rings (SSSR count). The smallest absolute Gasteiger partial charge is 0.317 e. The van der Waals surface area contributed by atoms with Gasteiger partial charge >= 0.3 is 5.97 Å². The minimum absolute atomic E-state index is 0.111. The van der Waals surface area contributed by atoms with E-state index in [0.717, 1.165) is 24.9 Å². The summed E-state index contributed by atoms with van der Waals surface area (Å²) in [5.41, 5.74) is 1.04. The van der Waals surface area contributed by atoms with Gasteiger partial charge in [0, 0.05) is 18.6 Å². The molecule has 25 heavy (non-hydrogen) atoms. The maximum atomic E-state index is 10.9. The number of benzene rings is 1. The zero-order valence-corrected chi connectivity index (χ0v) is 15.8. The van der Waals surface area contributed by atoms with E-state index in [2.05, 4.69) is 5.32 Å². The first-order chi connectivity index (χ1) is 12.0. The van der Waals surface area contributed by atoms with Crippen molar-refractivity contribution in [2.45, 2.75) is 45.3 Å². The van der Waals surface area contributed by atoms with Crippen LogP contribution in [0.2, 0.25) is 5.02 Å². The van der Waals surface area contributed by atoms with Crippen molar-refractivity contribution in [3.8, 4) is 11.5 Å². The second-order valence-electron chi connectivity index (χ2n) is 6.20. The Kier molecular flexibility index (Phi) is 7.35. The molecule has 0 saturated heterocycles. The van der Waals surface area contributed by atoms with Crippen LogP contribution in [-0.4, -0.2) is 54.9 Å². The van der Waals surface area contributed by atoms with Crippen molar-refractivity contribution in [2.75, 3.05) is 26.8 Å². The van der Waals surface area contributed by atoms with Crippen LogP contribution >= 0.6 is 11.6 Å². The largest absolute Gasteiger partial charge is 0.491 e. The van der Waals surface area contributed by atoms with Crippen molar-refractivity contribution in [1.82, 2.24) is 10.2 Å². The highest BCUT2D eigenvalue weighted by molar-refractivity contribution is 6.32. The average molecular weight is 371 g/mol. The van der Waals surface area contributed by atoms with E-state index in [4.69, 9.17) is 26.2 Å². The molecule has 140 valence electrons. The third kappa shape index (κ3) is 5.23. The fraction of sp³-hybridized carbons (Fsp3) is 0.611. The third-order valence-corrected chi connectivity index (χ3v) is 4.82. The number of ether oxygens (including phenoxy) is 2. The predicted molar refractivity (Wildman–Crippen MR) is 97.7 cm³/mol. The Morgan fingerprint density at radius 3 is 2.68 bits per heavy atom. The molecule has 1 aliphatic rings. The zero-order chi connectivity index (χ0) is 18.4. The van der Waals surface area contributed by atoms with Crippen molar-refractivity contribution in [3.63, 3.8) is 0 Å². The SMILES string of the molecule is CCOc1cc(CNC2CC(N(CC)CC(=O)O)C2)cc(Cl)c1OC. The highest BCUT2D eigenvalue weighted by atomic mass is 35.5. The van der Waals surface area contributed by atoms with Gasteiger partial charge in [-0.25, -0.2) is 0 Å². The van der Waals surface area contributed by atoms with Gasteiger partial charge in [-0.05, 0) is 44.0 Å². The topological polar surface area (TPSA) is 71.0 Å². The van der Waals surface area contributed by atoms with Crippen molar-refractivity contribution < 1.29 is 19.4 Å². The molecular weight excluding hydrogens is 344 g/mol. The van der Waals surface area contributed by atoms with E-state index < -0.39 is 5.97 Å². The van der Waals surface area contributed by atoms with Crippen molar-refractivity contribution in [1.29, 1.82) is 0 Å². The van der Waals surface area contributed by atoms with E-state index in [1.54, 1.807) is 7.11 Å². The van der Waals surface area contributed by atoms with Gasteiger partial charge in [0.15, 0.2) is 11.5 Å². The number of hydrogen-bond donors (Lipinski definition) is 2. The normalized spacial score (nSPS) is 19.6. The summed E-state index contributed by atoms with van der Waals surface area (Å²) >= 11 is 6.27. The number of carbonyl (C=O) groups is 1. The molecule has 1 saturated carbocycles. The van der Waals surface area contributed by atoms with Gasteiger partial charge in [-0.1, -0.05) is 18.5 Å². The second-order valence-corrected chi connectivity index (χ2v) is 6.61. The van der Waals surface area contributed by atoms with Crippen LogP contribution in [0.25, 0.3) is 0 Å². The number of hydrogen-bond acceptors (Lipinski definition) is 5. The first kappa shape index (κ1) is 19.8. The molecule has 0 amide bonds. The Hall–Kier alpha value is -1.50. The molecule has 2 N–H and O–H groups in total. The summed E-state index contributed by atoms with van der Waals surface area (Å²) in [5.74, 6) is 0.442. The molecule has 0 atom stereocenters. The number of methoxy groups -OCH3 is 1. The molecule has 1 aromatic carbocycles. The number of nitrogens with zero attached hydrogens (tertiary/aromatic N) is 1. The molecule has 6 nitrogen and oxygen atoms in total. The van der Waals surface area contributed by atoms with Gasteiger partial charge in [0.1, 0.15) is 0 Å². The standard InChI is InChI=1S/C18H27ClN2O4/c1-4-21(11-17(22)23)14-8-13(9-14)20-10-12-6-15(19)18(24-3)16(7-12)25-5-2/h6-7,13-14,20H,4-5,8-11H2,1-3H3,(H,22,23). The quantitative estimate of drug-likeness (QED) is 0.660. The number of likely N-dealkylation sites (N-methyl/N-ethyl adjacent to an activating group) is 1. The van der Waals surface area contributed by atoms with Crippen LogP contribution in [0.5, 0.6) is 11.5 Å². The highest BCUT2D eigenvalue weighted by Crippen LogP contribution is 2.36. The number of halogens is 1. The lowest BCUT2D eigenvalue weighted by Crippen LogP contribution is -2.53. The molecule has 7 heteroatoms. The maximum absolute atomic E-state index is 10.9. The molecule has 0 bridgehead atoms. The molecule has 1 fully saturated rings. The van der Waals surface area contributed by atoms with Crippen LogP contribution in [0.15, 0.2) is 12.1 Å². The molecule has 1 aliphatic carbocycles. The van der Waals surface area contributed by atoms with Gasteiger partial charge < -0.3 is 19.9 Å². The van der Waals surface area contributed by atoms with Gasteiger partial charge in [0.25, 0.3) is 0 Å². The first-order valence-electron chi connectivity index (χ1n) is 8.66. The first-order valence-corrected chi connectivity index (χ1v) is 9.04. The van der Waals surface area contributed by atoms with E-state index in [1.807, 2.05) is 30.9 Å². The molecule has 1 aromatic rings. The van der Waals surface area contributed by atoms with Crippen LogP contribution in [-0.2, 0) is 11.3 Å². The second kappa shape index (κ2) is 9.27. The average Bonchev–Trinajstić information content (AvgIpc) is 2.52. The summed E-state index contributed by atoms with van der Waals surface area (Å²) in [7, 11) is 1.58. The summed E-state index contributed by atoms with van der Waals surface area (Å²) in [6.07, 6.45) is 1.92. The van der Waals surface area contributed by atoms with Gasteiger partial charge in [0.05, 0.1) is 25.3 Å². The van der Waals surface area contributed by atoms with E-state index in [-0.39, 0.29) is 6.54 Å².